The highest BCUT2D eigenvalue weighted by molar-refractivity contribution is 5.71. The Labute approximate surface area is 475 Å². The van der Waals surface area contributed by atoms with Crippen LogP contribution in [-0.2, 0) is 28.6 Å². The van der Waals surface area contributed by atoms with E-state index in [0.717, 1.165) is 148 Å². The zero-order chi connectivity index (χ0) is 55.7. The molecule has 1 unspecified atom stereocenters. The Morgan fingerprint density at radius 3 is 0.844 bits per heavy atom. The van der Waals surface area contributed by atoms with E-state index in [4.69, 9.17) is 14.2 Å². The quantitative estimate of drug-likeness (QED) is 0.0261. The lowest BCUT2D eigenvalue weighted by atomic mass is 10.1. The first-order valence-electron chi connectivity index (χ1n) is 32.0. The van der Waals surface area contributed by atoms with E-state index in [0.29, 0.717) is 19.3 Å². The van der Waals surface area contributed by atoms with E-state index in [-0.39, 0.29) is 31.1 Å². The molecule has 0 saturated heterocycles. The highest BCUT2D eigenvalue weighted by atomic mass is 16.6. The molecule has 0 aromatic heterocycles. The van der Waals surface area contributed by atoms with Gasteiger partial charge < -0.3 is 14.2 Å². The molecule has 0 saturated carbocycles. The highest BCUT2D eigenvalue weighted by Gasteiger charge is 2.19. The molecule has 6 nitrogen and oxygen atoms in total. The van der Waals surface area contributed by atoms with Crippen molar-refractivity contribution in [2.24, 2.45) is 0 Å². The first kappa shape index (κ1) is 72.8. The summed E-state index contributed by atoms with van der Waals surface area (Å²) in [6.07, 6.45) is 89.1. The maximum atomic E-state index is 12.9. The monoisotopic (exact) mass is 1070 g/mol. The van der Waals surface area contributed by atoms with Crippen molar-refractivity contribution < 1.29 is 28.6 Å². The van der Waals surface area contributed by atoms with E-state index >= 15 is 0 Å². The van der Waals surface area contributed by atoms with Crippen molar-refractivity contribution in [1.29, 1.82) is 0 Å². The van der Waals surface area contributed by atoms with E-state index in [9.17, 15) is 14.4 Å². The van der Waals surface area contributed by atoms with E-state index in [1.807, 2.05) is 0 Å². The fraction of sp³-hybridized carbons (Fsp3) is 0.676. The first-order chi connectivity index (χ1) is 38.0. The van der Waals surface area contributed by atoms with Gasteiger partial charge in [0.1, 0.15) is 13.2 Å². The van der Waals surface area contributed by atoms with Gasteiger partial charge in [-0.15, -0.1) is 0 Å². The van der Waals surface area contributed by atoms with Crippen LogP contribution in [0.2, 0.25) is 0 Å². The number of allylic oxidation sites excluding steroid dienone is 20. The van der Waals surface area contributed by atoms with Crippen molar-refractivity contribution in [2.45, 2.75) is 297 Å². The molecular formula is C71H118O6. The van der Waals surface area contributed by atoms with Gasteiger partial charge in [0.2, 0.25) is 0 Å². The van der Waals surface area contributed by atoms with Gasteiger partial charge in [0, 0.05) is 19.3 Å². The number of esters is 3. The second-order valence-electron chi connectivity index (χ2n) is 20.9. The van der Waals surface area contributed by atoms with Crippen LogP contribution < -0.4 is 0 Å². The molecule has 438 valence electrons. The van der Waals surface area contributed by atoms with Crippen LogP contribution in [-0.4, -0.2) is 37.2 Å². The SMILES string of the molecule is CC/C=C\C/C=C\C/C=C\C/C=C\C/C=C\C/C=C\CCCCCCCCC(=O)OCC(COC(=O)CCCCCCC/C=C\C/C=C\CCC)OC(=O)CCCCCCCCCCC/C=C\C/C=C\CCCCCCC. The maximum Gasteiger partial charge on any atom is 0.306 e. The summed E-state index contributed by atoms with van der Waals surface area (Å²) in [7, 11) is 0. The van der Waals surface area contributed by atoms with E-state index in [1.165, 1.54) is 103 Å². The Balaban J connectivity index is 4.39. The van der Waals surface area contributed by atoms with E-state index in [2.05, 4.69) is 142 Å². The van der Waals surface area contributed by atoms with Gasteiger partial charge in [-0.25, -0.2) is 0 Å². The fourth-order valence-corrected chi connectivity index (χ4v) is 8.63. The summed E-state index contributed by atoms with van der Waals surface area (Å²) in [5.41, 5.74) is 0. The van der Waals surface area contributed by atoms with Gasteiger partial charge in [-0.1, -0.05) is 264 Å². The largest absolute Gasteiger partial charge is 0.462 e. The summed E-state index contributed by atoms with van der Waals surface area (Å²) in [5.74, 6) is -0.922. The Morgan fingerprint density at radius 2 is 0.532 bits per heavy atom. The molecule has 0 heterocycles. The zero-order valence-corrected chi connectivity index (χ0v) is 50.2. The predicted molar refractivity (Wildman–Crippen MR) is 334 cm³/mol. The van der Waals surface area contributed by atoms with Crippen LogP contribution in [0, 0.1) is 0 Å². The fourth-order valence-electron chi connectivity index (χ4n) is 8.63. The van der Waals surface area contributed by atoms with Crippen LogP contribution in [0.3, 0.4) is 0 Å². The molecule has 1 atom stereocenters. The molecule has 0 fully saturated rings. The number of carbonyl (C=O) groups excluding carboxylic acids is 3. The molecular weight excluding hydrogens is 949 g/mol. The Kier molecular flexibility index (Phi) is 60.8. The number of ether oxygens (including phenoxy) is 3. The van der Waals surface area contributed by atoms with Crippen LogP contribution in [0.25, 0.3) is 0 Å². The second kappa shape index (κ2) is 64.3. The minimum atomic E-state index is -0.797. The Hall–Kier alpha value is -4.19. The summed E-state index contributed by atoms with van der Waals surface area (Å²) in [5, 5.41) is 0. The van der Waals surface area contributed by atoms with Crippen LogP contribution in [0.5, 0.6) is 0 Å². The molecule has 0 aliphatic rings. The lowest BCUT2D eigenvalue weighted by Gasteiger charge is -2.18. The van der Waals surface area contributed by atoms with Crippen LogP contribution in [0.15, 0.2) is 122 Å². The van der Waals surface area contributed by atoms with Crippen molar-refractivity contribution >= 4 is 17.9 Å². The summed E-state index contributed by atoms with van der Waals surface area (Å²) in [4.78, 5) is 38.3. The Morgan fingerprint density at radius 1 is 0.273 bits per heavy atom. The normalized spacial score (nSPS) is 12.9. The van der Waals surface area contributed by atoms with Gasteiger partial charge in [-0.2, -0.15) is 0 Å². The first-order valence-corrected chi connectivity index (χ1v) is 32.0. The van der Waals surface area contributed by atoms with Gasteiger partial charge in [0.15, 0.2) is 6.10 Å². The Bertz CT molecular complexity index is 1600. The lowest BCUT2D eigenvalue weighted by Crippen LogP contribution is -2.30. The van der Waals surface area contributed by atoms with Gasteiger partial charge in [-0.3, -0.25) is 14.4 Å². The van der Waals surface area contributed by atoms with Gasteiger partial charge in [0.25, 0.3) is 0 Å². The third-order valence-corrected chi connectivity index (χ3v) is 13.4. The average molecular weight is 1070 g/mol. The molecule has 6 heteroatoms. The summed E-state index contributed by atoms with van der Waals surface area (Å²) in [6, 6.07) is 0. The molecule has 0 radical (unpaired) electrons. The topological polar surface area (TPSA) is 78.9 Å². The smallest absolute Gasteiger partial charge is 0.306 e. The molecule has 0 N–H and O–H groups in total. The molecule has 0 aliphatic carbocycles. The molecule has 77 heavy (non-hydrogen) atoms. The minimum Gasteiger partial charge on any atom is -0.462 e. The summed E-state index contributed by atoms with van der Waals surface area (Å²) >= 11 is 0. The number of carbonyl (C=O) groups is 3. The third-order valence-electron chi connectivity index (χ3n) is 13.4. The predicted octanol–water partition coefficient (Wildman–Crippen LogP) is 22.0. The molecule has 0 aromatic carbocycles. The van der Waals surface area contributed by atoms with Crippen LogP contribution in [0.1, 0.15) is 290 Å². The highest BCUT2D eigenvalue weighted by Crippen LogP contribution is 2.15. The van der Waals surface area contributed by atoms with Gasteiger partial charge in [-0.05, 0) is 128 Å². The van der Waals surface area contributed by atoms with Crippen molar-refractivity contribution in [3.8, 4) is 0 Å². The third kappa shape index (κ3) is 62.5. The minimum absolute atomic E-state index is 0.0939. The zero-order valence-electron chi connectivity index (χ0n) is 50.2. The van der Waals surface area contributed by atoms with E-state index in [1.54, 1.807) is 0 Å². The molecule has 0 amide bonds. The molecule has 0 aliphatic heterocycles. The second-order valence-corrected chi connectivity index (χ2v) is 20.9. The number of hydrogen-bond donors (Lipinski definition) is 0. The van der Waals surface area contributed by atoms with Crippen molar-refractivity contribution in [3.63, 3.8) is 0 Å². The van der Waals surface area contributed by atoms with Crippen molar-refractivity contribution in [2.75, 3.05) is 13.2 Å². The maximum absolute atomic E-state index is 12.9. The molecule has 0 spiro atoms. The summed E-state index contributed by atoms with van der Waals surface area (Å²) in [6.45, 7) is 6.44. The summed E-state index contributed by atoms with van der Waals surface area (Å²) < 4.78 is 16.9. The number of rotatable bonds is 57. The van der Waals surface area contributed by atoms with E-state index < -0.39 is 6.10 Å². The van der Waals surface area contributed by atoms with Crippen molar-refractivity contribution in [3.05, 3.63) is 122 Å². The molecule has 0 aromatic rings. The van der Waals surface area contributed by atoms with Crippen LogP contribution >= 0.6 is 0 Å². The number of unbranched alkanes of at least 4 members (excludes halogenated alkanes) is 26. The van der Waals surface area contributed by atoms with Gasteiger partial charge >= 0.3 is 17.9 Å². The lowest BCUT2D eigenvalue weighted by molar-refractivity contribution is -0.167. The molecule has 0 rings (SSSR count). The van der Waals surface area contributed by atoms with Crippen LogP contribution in [0.4, 0.5) is 0 Å². The van der Waals surface area contributed by atoms with Gasteiger partial charge in [0.05, 0.1) is 0 Å². The van der Waals surface area contributed by atoms with Crippen molar-refractivity contribution in [1.82, 2.24) is 0 Å². The average Bonchev–Trinajstić information content (AvgIpc) is 3.43. The molecule has 0 bridgehead atoms. The standard InChI is InChI=1S/C71H118O6/c1-4-7-10-13-16-19-22-25-27-29-31-33-34-35-36-38-39-41-43-46-49-52-55-58-61-64-70(73)76-67-68(66-75-69(72)63-60-57-54-51-48-45-24-21-18-15-12-9-6-3)77-71(74)65-62-59-56-53-50-47-44-42-40-37-32-30-28-26-23-20-17-14-11-8-5-2/h7,10,12,15-16,19,21,23-27,30-33,35-36,39,41,68H,4-6,8-9,11,13-14,17-18,20,22,28-29,34,37-38,40,42-67H2,1-3H3/b10-7-,15-12-,19-16-,24-21-,26-23-,27-25-,32-30-,33-31-,36-35-,41-39-. The number of hydrogen-bond acceptors (Lipinski definition) is 6.